The maximum atomic E-state index is 12.2. The maximum absolute atomic E-state index is 12.2. The molecule has 0 aromatic rings. The number of likely N-dealkylation sites (tertiary alicyclic amines) is 1. The Bertz CT molecular complexity index is 231. The third kappa shape index (κ3) is 5.04. The molecule has 1 atom stereocenters. The Hall–Kier alpha value is -0.610. The van der Waals surface area contributed by atoms with E-state index in [0.717, 1.165) is 51.9 Å². The zero-order valence-corrected chi connectivity index (χ0v) is 11.5. The number of carbonyl (C=O) groups excluding carboxylic acids is 1. The molecule has 1 unspecified atom stereocenters. The smallest absolute Gasteiger partial charge is 0.239 e. The SMILES string of the molecule is CCCNC1CCCN(CCCN(C)C)C1=O. The number of amides is 1. The molecule has 1 saturated heterocycles. The molecular formula is C13H27N3O. The van der Waals surface area contributed by atoms with Gasteiger partial charge in [-0.05, 0) is 52.9 Å². The van der Waals surface area contributed by atoms with E-state index in [1.165, 1.54) is 0 Å². The number of nitrogens with one attached hydrogen (secondary N) is 1. The lowest BCUT2D eigenvalue weighted by molar-refractivity contribution is -0.136. The first kappa shape index (κ1) is 14.5. The van der Waals surface area contributed by atoms with Gasteiger partial charge in [0.1, 0.15) is 0 Å². The number of nitrogens with zero attached hydrogens (tertiary/aromatic N) is 2. The van der Waals surface area contributed by atoms with E-state index in [4.69, 9.17) is 0 Å². The van der Waals surface area contributed by atoms with Gasteiger partial charge >= 0.3 is 0 Å². The molecule has 1 rings (SSSR count). The Morgan fingerprint density at radius 3 is 2.88 bits per heavy atom. The van der Waals surface area contributed by atoms with Gasteiger partial charge in [-0.25, -0.2) is 0 Å². The van der Waals surface area contributed by atoms with Crippen molar-refractivity contribution < 1.29 is 4.79 Å². The van der Waals surface area contributed by atoms with Crippen LogP contribution in [-0.4, -0.2) is 62.0 Å². The van der Waals surface area contributed by atoms with Crippen LogP contribution in [0.3, 0.4) is 0 Å². The van der Waals surface area contributed by atoms with Crippen molar-refractivity contribution in [3.63, 3.8) is 0 Å². The highest BCUT2D eigenvalue weighted by molar-refractivity contribution is 5.82. The fourth-order valence-electron chi connectivity index (χ4n) is 2.25. The summed E-state index contributed by atoms with van der Waals surface area (Å²) in [6.45, 7) is 5.98. The summed E-state index contributed by atoms with van der Waals surface area (Å²) in [6, 6.07) is 0.0723. The largest absolute Gasteiger partial charge is 0.341 e. The Balaban J connectivity index is 2.31. The molecule has 17 heavy (non-hydrogen) atoms. The summed E-state index contributed by atoms with van der Waals surface area (Å²) in [5.74, 6) is 0.309. The minimum Gasteiger partial charge on any atom is -0.341 e. The zero-order chi connectivity index (χ0) is 12.7. The van der Waals surface area contributed by atoms with E-state index in [2.05, 4.69) is 31.2 Å². The van der Waals surface area contributed by atoms with Gasteiger partial charge in [0.2, 0.25) is 5.91 Å². The van der Waals surface area contributed by atoms with Gasteiger partial charge in [0.15, 0.2) is 0 Å². The molecule has 4 heteroatoms. The summed E-state index contributed by atoms with van der Waals surface area (Å²) in [5.41, 5.74) is 0. The fraction of sp³-hybridized carbons (Fsp3) is 0.923. The van der Waals surface area contributed by atoms with Gasteiger partial charge in [-0.1, -0.05) is 6.92 Å². The van der Waals surface area contributed by atoms with Crippen LogP contribution >= 0.6 is 0 Å². The maximum Gasteiger partial charge on any atom is 0.239 e. The average molecular weight is 241 g/mol. The van der Waals surface area contributed by atoms with E-state index in [1.54, 1.807) is 0 Å². The lowest BCUT2D eigenvalue weighted by atomic mass is 10.0. The van der Waals surface area contributed by atoms with Gasteiger partial charge in [-0.3, -0.25) is 4.79 Å². The highest BCUT2D eigenvalue weighted by Gasteiger charge is 2.27. The van der Waals surface area contributed by atoms with Crippen molar-refractivity contribution in [3.8, 4) is 0 Å². The van der Waals surface area contributed by atoms with Crippen molar-refractivity contribution in [3.05, 3.63) is 0 Å². The van der Waals surface area contributed by atoms with Gasteiger partial charge in [0, 0.05) is 13.1 Å². The molecule has 0 aromatic carbocycles. The van der Waals surface area contributed by atoms with E-state index in [9.17, 15) is 4.79 Å². The molecule has 0 saturated carbocycles. The normalized spacial score (nSPS) is 21.3. The van der Waals surface area contributed by atoms with Crippen molar-refractivity contribution in [2.75, 3.05) is 40.3 Å². The van der Waals surface area contributed by atoms with Gasteiger partial charge in [-0.2, -0.15) is 0 Å². The van der Waals surface area contributed by atoms with E-state index in [0.29, 0.717) is 5.91 Å². The lowest BCUT2D eigenvalue weighted by Gasteiger charge is -2.33. The van der Waals surface area contributed by atoms with Gasteiger partial charge in [0.05, 0.1) is 6.04 Å². The van der Waals surface area contributed by atoms with Crippen LogP contribution in [0.1, 0.15) is 32.6 Å². The summed E-state index contributed by atoms with van der Waals surface area (Å²) in [5, 5.41) is 3.35. The highest BCUT2D eigenvalue weighted by Crippen LogP contribution is 2.12. The molecular weight excluding hydrogens is 214 g/mol. The second kappa shape index (κ2) is 7.67. The van der Waals surface area contributed by atoms with Crippen molar-refractivity contribution in [2.45, 2.75) is 38.6 Å². The molecule has 1 aliphatic rings. The quantitative estimate of drug-likeness (QED) is 0.720. The molecule has 4 nitrogen and oxygen atoms in total. The van der Waals surface area contributed by atoms with Crippen LogP contribution < -0.4 is 5.32 Å². The second-order valence-electron chi connectivity index (χ2n) is 5.13. The van der Waals surface area contributed by atoms with Gasteiger partial charge < -0.3 is 15.1 Å². The Morgan fingerprint density at radius 1 is 1.47 bits per heavy atom. The number of hydrogen-bond donors (Lipinski definition) is 1. The van der Waals surface area contributed by atoms with Crippen molar-refractivity contribution >= 4 is 5.91 Å². The van der Waals surface area contributed by atoms with Gasteiger partial charge in [-0.15, -0.1) is 0 Å². The van der Waals surface area contributed by atoms with Crippen molar-refractivity contribution in [1.29, 1.82) is 0 Å². The minimum absolute atomic E-state index is 0.0723. The molecule has 1 heterocycles. The molecule has 0 spiro atoms. The Morgan fingerprint density at radius 2 is 2.24 bits per heavy atom. The van der Waals surface area contributed by atoms with Crippen LogP contribution in [0.2, 0.25) is 0 Å². The van der Waals surface area contributed by atoms with E-state index in [-0.39, 0.29) is 6.04 Å². The molecule has 1 aliphatic heterocycles. The summed E-state index contributed by atoms with van der Waals surface area (Å²) in [4.78, 5) is 16.4. The molecule has 100 valence electrons. The van der Waals surface area contributed by atoms with E-state index < -0.39 is 0 Å². The van der Waals surface area contributed by atoms with Crippen LogP contribution in [0.15, 0.2) is 0 Å². The molecule has 0 radical (unpaired) electrons. The molecule has 0 aromatic heterocycles. The van der Waals surface area contributed by atoms with Crippen molar-refractivity contribution in [1.82, 2.24) is 15.1 Å². The topological polar surface area (TPSA) is 35.6 Å². The molecule has 0 aliphatic carbocycles. The number of rotatable bonds is 7. The first-order chi connectivity index (χ1) is 8.15. The van der Waals surface area contributed by atoms with Crippen LogP contribution in [0, 0.1) is 0 Å². The van der Waals surface area contributed by atoms with Crippen LogP contribution in [0.4, 0.5) is 0 Å². The minimum atomic E-state index is 0.0723. The number of carbonyl (C=O) groups is 1. The predicted molar refractivity (Wildman–Crippen MR) is 71.1 cm³/mol. The second-order valence-corrected chi connectivity index (χ2v) is 5.13. The summed E-state index contributed by atoms with van der Waals surface area (Å²) < 4.78 is 0. The third-order valence-corrected chi connectivity index (χ3v) is 3.20. The Kier molecular flexibility index (Phi) is 6.52. The monoisotopic (exact) mass is 241 g/mol. The van der Waals surface area contributed by atoms with Crippen LogP contribution in [-0.2, 0) is 4.79 Å². The summed E-state index contributed by atoms with van der Waals surface area (Å²) in [6.07, 6.45) is 4.29. The van der Waals surface area contributed by atoms with Crippen LogP contribution in [0.5, 0.6) is 0 Å². The average Bonchev–Trinajstić information content (AvgIpc) is 2.29. The lowest BCUT2D eigenvalue weighted by Crippen LogP contribution is -2.51. The molecule has 1 amide bonds. The number of piperidine rings is 1. The van der Waals surface area contributed by atoms with Crippen LogP contribution in [0.25, 0.3) is 0 Å². The molecule has 1 N–H and O–H groups in total. The van der Waals surface area contributed by atoms with E-state index in [1.807, 2.05) is 4.90 Å². The summed E-state index contributed by atoms with van der Waals surface area (Å²) >= 11 is 0. The standard InChI is InChI=1S/C13H27N3O/c1-4-8-14-12-7-5-10-16(13(12)17)11-6-9-15(2)3/h12,14H,4-11H2,1-3H3. The Labute approximate surface area is 105 Å². The predicted octanol–water partition coefficient (Wildman–Crippen LogP) is 0.929. The first-order valence-corrected chi connectivity index (χ1v) is 6.82. The number of hydrogen-bond acceptors (Lipinski definition) is 3. The van der Waals surface area contributed by atoms with Gasteiger partial charge in [0.25, 0.3) is 0 Å². The van der Waals surface area contributed by atoms with Crippen molar-refractivity contribution in [2.24, 2.45) is 0 Å². The summed E-state index contributed by atoms with van der Waals surface area (Å²) in [7, 11) is 4.15. The first-order valence-electron chi connectivity index (χ1n) is 6.82. The fourth-order valence-corrected chi connectivity index (χ4v) is 2.25. The van der Waals surface area contributed by atoms with E-state index >= 15 is 0 Å². The molecule has 0 bridgehead atoms. The zero-order valence-electron chi connectivity index (χ0n) is 11.5. The highest BCUT2D eigenvalue weighted by atomic mass is 16.2. The third-order valence-electron chi connectivity index (χ3n) is 3.20. The molecule has 1 fully saturated rings.